The minimum absolute atomic E-state index is 0.0658. The van der Waals surface area contributed by atoms with Crippen LogP contribution in [0.1, 0.15) is 63.8 Å². The van der Waals surface area contributed by atoms with Crippen molar-refractivity contribution < 1.29 is 27.4 Å². The van der Waals surface area contributed by atoms with Gasteiger partial charge in [-0.1, -0.05) is 12.8 Å². The molecule has 226 valence electrons. The first kappa shape index (κ1) is 28.4. The van der Waals surface area contributed by atoms with E-state index >= 15 is 0 Å². The normalized spacial score (nSPS) is 25.4. The lowest BCUT2D eigenvalue weighted by Crippen LogP contribution is -2.45. The van der Waals surface area contributed by atoms with E-state index in [0.29, 0.717) is 49.4 Å². The van der Waals surface area contributed by atoms with Crippen molar-refractivity contribution in [3.63, 3.8) is 0 Å². The highest BCUT2D eigenvalue weighted by Gasteiger charge is 2.55. The zero-order valence-electron chi connectivity index (χ0n) is 23.7. The number of nitrogen functional groups attached to an aromatic ring is 1. The standard InChI is InChI=1S/C28H35F3N8O3/c1-16-13-37(14-17(2)42-16)21-8-7-18(12-34-21)39-24-22(27(25(39)40)9-3-4-10-27)23(32)35-20(36-24)15-41-26(33)38-11-5-6-19(38)28(29,30)31/h7-8,12,16-17,19,33H,3-6,9-11,13-15H2,1-2H3,(H2,32,35,36)/t16-,17+,19-/m1/s1. The number of halogens is 3. The molecule has 2 aromatic heterocycles. The average Bonchev–Trinajstić information content (AvgIpc) is 3.67. The molecule has 1 spiro atoms. The number of pyridine rings is 1. The number of fused-ring (bicyclic) bond motifs is 2. The molecule has 11 nitrogen and oxygen atoms in total. The van der Waals surface area contributed by atoms with E-state index in [1.807, 2.05) is 26.0 Å². The minimum atomic E-state index is -4.46. The summed E-state index contributed by atoms with van der Waals surface area (Å²) in [5.74, 6) is 1.18. The van der Waals surface area contributed by atoms with Crippen molar-refractivity contribution in [1.29, 1.82) is 5.41 Å². The van der Waals surface area contributed by atoms with Crippen molar-refractivity contribution in [2.75, 3.05) is 35.2 Å². The highest BCUT2D eigenvalue weighted by molar-refractivity contribution is 6.13. The lowest BCUT2D eigenvalue weighted by molar-refractivity contribution is -0.169. The third kappa shape index (κ3) is 4.88. The first-order chi connectivity index (χ1) is 20.0. The molecule has 14 heteroatoms. The number of nitrogens with two attached hydrogens (primary N) is 1. The van der Waals surface area contributed by atoms with E-state index in [1.165, 1.54) is 4.90 Å². The molecule has 1 aliphatic carbocycles. The largest absolute Gasteiger partial charge is 0.457 e. The van der Waals surface area contributed by atoms with Crippen molar-refractivity contribution in [2.24, 2.45) is 0 Å². The molecule has 3 fully saturated rings. The van der Waals surface area contributed by atoms with Crippen LogP contribution in [0.2, 0.25) is 0 Å². The molecule has 6 rings (SSSR count). The number of morpholine rings is 1. The van der Waals surface area contributed by atoms with Gasteiger partial charge in [0.05, 0.1) is 35.1 Å². The first-order valence-corrected chi connectivity index (χ1v) is 14.4. The zero-order chi connectivity index (χ0) is 29.8. The van der Waals surface area contributed by atoms with E-state index < -0.39 is 23.7 Å². The molecular formula is C28H35F3N8O3. The van der Waals surface area contributed by atoms with Crippen molar-refractivity contribution in [1.82, 2.24) is 19.9 Å². The molecule has 42 heavy (non-hydrogen) atoms. The Morgan fingerprint density at radius 1 is 1.17 bits per heavy atom. The molecule has 3 atom stereocenters. The maximum atomic E-state index is 14.1. The summed E-state index contributed by atoms with van der Waals surface area (Å²) in [5, 5.41) is 8.15. The molecule has 0 radical (unpaired) electrons. The second-order valence-corrected chi connectivity index (χ2v) is 11.7. The van der Waals surface area contributed by atoms with E-state index in [0.717, 1.165) is 23.6 Å². The van der Waals surface area contributed by atoms with Gasteiger partial charge in [-0.3, -0.25) is 15.1 Å². The van der Waals surface area contributed by atoms with Crippen LogP contribution >= 0.6 is 0 Å². The Balaban J connectivity index is 1.28. The Morgan fingerprint density at radius 2 is 1.88 bits per heavy atom. The van der Waals surface area contributed by atoms with Crippen LogP contribution in [0.4, 0.5) is 36.3 Å². The lowest BCUT2D eigenvalue weighted by Gasteiger charge is -2.36. The predicted octanol–water partition coefficient (Wildman–Crippen LogP) is 4.04. The Morgan fingerprint density at radius 3 is 2.52 bits per heavy atom. The monoisotopic (exact) mass is 588 g/mol. The number of likely N-dealkylation sites (tertiary alicyclic amines) is 1. The van der Waals surface area contributed by atoms with Crippen LogP contribution in [0.15, 0.2) is 18.3 Å². The first-order valence-electron chi connectivity index (χ1n) is 14.4. The molecule has 5 heterocycles. The molecule has 1 amide bonds. The predicted molar refractivity (Wildman–Crippen MR) is 148 cm³/mol. The minimum Gasteiger partial charge on any atom is -0.457 e. The van der Waals surface area contributed by atoms with Gasteiger partial charge in [0.25, 0.3) is 6.02 Å². The number of alkyl halides is 3. The highest BCUT2D eigenvalue weighted by Crippen LogP contribution is 2.54. The smallest absolute Gasteiger partial charge is 0.408 e. The molecule has 3 aliphatic heterocycles. The Kier molecular flexibility index (Phi) is 7.14. The summed E-state index contributed by atoms with van der Waals surface area (Å²) >= 11 is 0. The van der Waals surface area contributed by atoms with Crippen LogP contribution in [0.3, 0.4) is 0 Å². The van der Waals surface area contributed by atoms with Gasteiger partial charge in [-0.2, -0.15) is 13.2 Å². The summed E-state index contributed by atoms with van der Waals surface area (Å²) in [5.41, 5.74) is 6.72. The lowest BCUT2D eigenvalue weighted by atomic mass is 9.80. The number of amidine groups is 1. The summed E-state index contributed by atoms with van der Waals surface area (Å²) in [4.78, 5) is 32.3. The van der Waals surface area contributed by atoms with Crippen LogP contribution in [0.25, 0.3) is 0 Å². The van der Waals surface area contributed by atoms with Gasteiger partial charge in [-0.15, -0.1) is 0 Å². The molecule has 0 bridgehead atoms. The third-order valence-electron chi connectivity index (χ3n) is 8.69. The number of aromatic nitrogens is 3. The number of amides is 1. The number of nitrogens with zero attached hydrogens (tertiary/aromatic N) is 6. The molecule has 1 saturated carbocycles. The van der Waals surface area contributed by atoms with Crippen LogP contribution in [-0.2, 0) is 26.3 Å². The summed E-state index contributed by atoms with van der Waals surface area (Å²) in [6, 6.07) is 1.35. The number of nitrogens with one attached hydrogen (secondary N) is 1. The SMILES string of the molecule is C[C@@H]1CN(c2ccc(N3C(=O)C4(CCCC4)c4c(N)nc(COC(=N)N5CCC[C@@H]5C(F)(F)F)nc43)cn2)C[C@H](C)O1. The van der Waals surface area contributed by atoms with Gasteiger partial charge in [-0.25, -0.2) is 15.0 Å². The summed E-state index contributed by atoms with van der Waals surface area (Å²) in [6.07, 6.45) is 0.498. The fourth-order valence-corrected chi connectivity index (χ4v) is 6.93. The zero-order valence-corrected chi connectivity index (χ0v) is 23.7. The van der Waals surface area contributed by atoms with Gasteiger partial charge in [0, 0.05) is 19.6 Å². The Hall–Kier alpha value is -3.68. The summed E-state index contributed by atoms with van der Waals surface area (Å²) in [6.45, 7) is 5.15. The number of anilines is 4. The highest BCUT2D eigenvalue weighted by atomic mass is 19.4. The van der Waals surface area contributed by atoms with Crippen molar-refractivity contribution in [2.45, 2.75) is 88.8 Å². The van der Waals surface area contributed by atoms with Crippen molar-refractivity contribution >= 4 is 35.1 Å². The second-order valence-electron chi connectivity index (χ2n) is 11.7. The van der Waals surface area contributed by atoms with E-state index in [2.05, 4.69) is 19.9 Å². The van der Waals surface area contributed by atoms with Gasteiger partial charge in [0.15, 0.2) is 12.4 Å². The molecule has 2 saturated heterocycles. The number of rotatable bonds is 4. The van der Waals surface area contributed by atoms with Crippen LogP contribution < -0.4 is 15.5 Å². The maximum Gasteiger partial charge on any atom is 0.408 e. The second kappa shape index (κ2) is 10.5. The van der Waals surface area contributed by atoms with Gasteiger partial charge in [0.1, 0.15) is 23.5 Å². The number of carbonyl (C=O) groups excluding carboxylic acids is 1. The number of hydrogen-bond acceptors (Lipinski definition) is 9. The molecule has 0 unspecified atom stereocenters. The topological polar surface area (TPSA) is 134 Å². The number of carbonyl (C=O) groups is 1. The fraction of sp³-hybridized carbons (Fsp3) is 0.607. The molecule has 2 aromatic rings. The Labute approximate surface area is 241 Å². The van der Waals surface area contributed by atoms with Gasteiger partial charge >= 0.3 is 6.18 Å². The fourth-order valence-electron chi connectivity index (χ4n) is 6.93. The quantitative estimate of drug-likeness (QED) is 0.401. The van der Waals surface area contributed by atoms with E-state index in [-0.39, 0.29) is 49.3 Å². The third-order valence-corrected chi connectivity index (χ3v) is 8.69. The van der Waals surface area contributed by atoms with Crippen LogP contribution in [0, 0.1) is 5.41 Å². The average molecular weight is 589 g/mol. The molecule has 4 aliphatic rings. The summed E-state index contributed by atoms with van der Waals surface area (Å²) in [7, 11) is 0. The Bertz CT molecular complexity index is 1360. The molecule has 3 N–H and O–H groups in total. The molecule has 0 aromatic carbocycles. The van der Waals surface area contributed by atoms with Gasteiger partial charge < -0.3 is 25.0 Å². The van der Waals surface area contributed by atoms with Gasteiger partial charge in [0.2, 0.25) is 5.91 Å². The number of hydrogen-bond donors (Lipinski definition) is 2. The van der Waals surface area contributed by atoms with Crippen LogP contribution in [-0.4, -0.2) is 75.8 Å². The van der Waals surface area contributed by atoms with Gasteiger partial charge in [-0.05, 0) is 51.7 Å². The number of ether oxygens (including phenoxy) is 2. The van der Waals surface area contributed by atoms with Crippen molar-refractivity contribution in [3.05, 3.63) is 29.7 Å². The van der Waals surface area contributed by atoms with E-state index in [4.69, 9.17) is 20.6 Å². The maximum absolute atomic E-state index is 14.1. The molecular weight excluding hydrogens is 553 g/mol. The van der Waals surface area contributed by atoms with Crippen LogP contribution in [0.5, 0.6) is 0 Å². The summed E-state index contributed by atoms with van der Waals surface area (Å²) < 4.78 is 51.5. The van der Waals surface area contributed by atoms with E-state index in [1.54, 1.807) is 6.20 Å². The van der Waals surface area contributed by atoms with E-state index in [9.17, 15) is 18.0 Å². The van der Waals surface area contributed by atoms with Crippen molar-refractivity contribution in [3.8, 4) is 0 Å².